The van der Waals surface area contributed by atoms with Crippen molar-refractivity contribution in [3.05, 3.63) is 47.4 Å². The highest BCUT2D eigenvalue weighted by atomic mass is 79.9. The van der Waals surface area contributed by atoms with E-state index < -0.39 is 0 Å². The van der Waals surface area contributed by atoms with Gasteiger partial charge in [0.15, 0.2) is 6.61 Å². The number of nitriles is 1. The first-order valence-electron chi connectivity index (χ1n) is 5.31. The molecule has 0 aliphatic rings. The van der Waals surface area contributed by atoms with E-state index in [1.54, 1.807) is 24.3 Å². The van der Waals surface area contributed by atoms with E-state index >= 15 is 0 Å². The summed E-state index contributed by atoms with van der Waals surface area (Å²) in [5, 5.41) is 9.02. The van der Waals surface area contributed by atoms with E-state index in [4.69, 9.17) is 10.00 Å². The number of carbonyl (C=O) groups excluding carboxylic acids is 1. The Labute approximate surface area is 144 Å². The topological polar surface area (TPSA) is 50.1 Å². The Kier molecular flexibility index (Phi) is 5.38. The summed E-state index contributed by atoms with van der Waals surface area (Å²) in [6, 6.07) is 8.85. The fraction of sp³-hybridized carbons (Fsp3) is 0.0769. The summed E-state index contributed by atoms with van der Waals surface area (Å²) in [6.45, 7) is -0.113. The minimum atomic E-state index is -0.148. The maximum Gasteiger partial charge on any atom is 0.202 e. The molecule has 102 valence electrons. The van der Waals surface area contributed by atoms with Crippen molar-refractivity contribution >= 4 is 64.9 Å². The normalized spacial score (nSPS) is 10.1. The predicted molar refractivity (Wildman–Crippen MR) is 88.4 cm³/mol. The third-order valence-corrected chi connectivity index (χ3v) is 5.21. The van der Waals surface area contributed by atoms with Crippen LogP contribution in [0.1, 0.15) is 15.9 Å². The van der Waals surface area contributed by atoms with Gasteiger partial charge in [0.05, 0.1) is 13.1 Å². The van der Waals surface area contributed by atoms with E-state index in [-0.39, 0.29) is 12.4 Å². The van der Waals surface area contributed by atoms with Crippen LogP contribution in [0.25, 0.3) is 0 Å². The van der Waals surface area contributed by atoms with Gasteiger partial charge in [-0.2, -0.15) is 5.26 Å². The largest absolute Gasteiger partial charge is 0.484 e. The lowest BCUT2D eigenvalue weighted by Crippen LogP contribution is -2.11. The molecule has 0 unspecified atom stereocenters. The lowest BCUT2D eigenvalue weighted by atomic mass is 10.2. The monoisotopic (exact) mass is 477 g/mol. The average molecular weight is 480 g/mol. The molecule has 2 aromatic rings. The van der Waals surface area contributed by atoms with Crippen molar-refractivity contribution in [2.45, 2.75) is 0 Å². The second kappa shape index (κ2) is 6.85. The van der Waals surface area contributed by atoms with E-state index in [9.17, 15) is 4.79 Å². The second-order valence-corrected chi connectivity index (χ2v) is 8.37. The van der Waals surface area contributed by atoms with Crippen molar-refractivity contribution in [2.24, 2.45) is 0 Å². The quantitative estimate of drug-likeness (QED) is 0.568. The third-order valence-electron chi connectivity index (χ3n) is 2.38. The molecule has 7 heteroatoms. The molecule has 0 bridgehead atoms. The number of ketones is 1. The Morgan fingerprint density at radius 1 is 1.30 bits per heavy atom. The van der Waals surface area contributed by atoms with Crippen LogP contribution in [-0.2, 0) is 0 Å². The Morgan fingerprint density at radius 2 is 2.05 bits per heavy atom. The van der Waals surface area contributed by atoms with Crippen molar-refractivity contribution in [3.8, 4) is 11.8 Å². The zero-order valence-corrected chi connectivity index (χ0v) is 15.4. The number of benzene rings is 1. The number of rotatable bonds is 4. The van der Waals surface area contributed by atoms with E-state index in [1.165, 1.54) is 11.3 Å². The van der Waals surface area contributed by atoms with Crippen LogP contribution in [0.3, 0.4) is 0 Å². The standard InChI is InChI=1S/C13H6Br3NO2S/c14-8-1-2-11(7(3-8)5-17)19-6-10(18)9-4-12(15)20-13(9)16/h1-4H,6H2. The number of thiophene rings is 1. The molecule has 1 heterocycles. The molecule has 2 rings (SSSR count). The highest BCUT2D eigenvalue weighted by molar-refractivity contribution is 9.12. The highest BCUT2D eigenvalue weighted by Gasteiger charge is 2.15. The fourth-order valence-electron chi connectivity index (χ4n) is 1.47. The van der Waals surface area contributed by atoms with Gasteiger partial charge in [0.1, 0.15) is 11.8 Å². The van der Waals surface area contributed by atoms with Gasteiger partial charge in [-0.1, -0.05) is 15.9 Å². The summed E-state index contributed by atoms with van der Waals surface area (Å²) in [5.74, 6) is 0.250. The molecule has 20 heavy (non-hydrogen) atoms. The summed E-state index contributed by atoms with van der Waals surface area (Å²) in [7, 11) is 0. The zero-order chi connectivity index (χ0) is 14.7. The summed E-state index contributed by atoms with van der Waals surface area (Å²) in [5.41, 5.74) is 0.954. The maximum absolute atomic E-state index is 12.1. The van der Waals surface area contributed by atoms with E-state index in [0.717, 1.165) is 12.0 Å². The average Bonchev–Trinajstić information content (AvgIpc) is 2.76. The molecule has 0 saturated carbocycles. The zero-order valence-electron chi connectivity index (χ0n) is 9.82. The second-order valence-electron chi connectivity index (χ2n) is 3.70. The first kappa shape index (κ1) is 15.7. The SMILES string of the molecule is N#Cc1cc(Br)ccc1OCC(=O)c1cc(Br)sc1Br. The van der Waals surface area contributed by atoms with Crippen LogP contribution in [0.4, 0.5) is 0 Å². The molecule has 1 aromatic carbocycles. The number of hydrogen-bond donors (Lipinski definition) is 0. The first-order valence-corrected chi connectivity index (χ1v) is 8.51. The lowest BCUT2D eigenvalue weighted by molar-refractivity contribution is 0.0921. The van der Waals surface area contributed by atoms with Gasteiger partial charge in [0.25, 0.3) is 0 Å². The minimum Gasteiger partial charge on any atom is -0.484 e. The molecule has 0 amide bonds. The molecular weight excluding hydrogens is 474 g/mol. The van der Waals surface area contributed by atoms with Gasteiger partial charge in [-0.25, -0.2) is 0 Å². The number of ether oxygens (including phenoxy) is 1. The van der Waals surface area contributed by atoms with Gasteiger partial charge < -0.3 is 4.74 Å². The molecule has 0 N–H and O–H groups in total. The number of carbonyl (C=O) groups is 1. The van der Waals surface area contributed by atoms with Crippen molar-refractivity contribution in [1.29, 1.82) is 5.26 Å². The van der Waals surface area contributed by atoms with Crippen molar-refractivity contribution in [1.82, 2.24) is 0 Å². The summed E-state index contributed by atoms with van der Waals surface area (Å²) in [6.07, 6.45) is 0. The Bertz CT molecular complexity index is 706. The van der Waals surface area contributed by atoms with Gasteiger partial charge in [-0.15, -0.1) is 11.3 Å². The summed E-state index contributed by atoms with van der Waals surface area (Å²) in [4.78, 5) is 12.1. The van der Waals surface area contributed by atoms with Crippen LogP contribution in [0.2, 0.25) is 0 Å². The number of Topliss-reactive ketones (excluding diaryl/α,β-unsaturated/α-hetero) is 1. The van der Waals surface area contributed by atoms with Crippen molar-refractivity contribution < 1.29 is 9.53 Å². The molecule has 0 radical (unpaired) electrons. The maximum atomic E-state index is 12.1. The van der Waals surface area contributed by atoms with E-state index in [0.29, 0.717) is 16.9 Å². The Hall–Kier alpha value is -0.680. The van der Waals surface area contributed by atoms with Gasteiger partial charge in [-0.3, -0.25) is 4.79 Å². The van der Waals surface area contributed by atoms with Crippen LogP contribution in [0, 0.1) is 11.3 Å². The molecule has 0 saturated heterocycles. The minimum absolute atomic E-state index is 0.113. The summed E-state index contributed by atoms with van der Waals surface area (Å²) < 4.78 is 7.86. The van der Waals surface area contributed by atoms with Crippen LogP contribution in [0.15, 0.2) is 36.3 Å². The predicted octanol–water partition coefficient (Wildman–Crippen LogP) is 5.17. The van der Waals surface area contributed by atoms with E-state index in [2.05, 4.69) is 47.8 Å². The van der Waals surface area contributed by atoms with Gasteiger partial charge >= 0.3 is 0 Å². The highest BCUT2D eigenvalue weighted by Crippen LogP contribution is 2.32. The van der Waals surface area contributed by atoms with Crippen LogP contribution in [-0.4, -0.2) is 12.4 Å². The van der Waals surface area contributed by atoms with Crippen LogP contribution in [0.5, 0.6) is 5.75 Å². The number of hydrogen-bond acceptors (Lipinski definition) is 4. The fourth-order valence-corrected chi connectivity index (χ4v) is 4.68. The third kappa shape index (κ3) is 3.70. The Balaban J connectivity index is 2.11. The molecule has 0 fully saturated rings. The van der Waals surface area contributed by atoms with Crippen LogP contribution < -0.4 is 4.74 Å². The van der Waals surface area contributed by atoms with Crippen LogP contribution >= 0.6 is 59.1 Å². The first-order chi connectivity index (χ1) is 9.51. The van der Waals surface area contributed by atoms with Gasteiger partial charge in [-0.05, 0) is 56.1 Å². The lowest BCUT2D eigenvalue weighted by Gasteiger charge is -2.07. The molecule has 1 aromatic heterocycles. The molecule has 0 spiro atoms. The Morgan fingerprint density at radius 3 is 2.65 bits per heavy atom. The van der Waals surface area contributed by atoms with E-state index in [1.807, 2.05) is 6.07 Å². The van der Waals surface area contributed by atoms with Crippen molar-refractivity contribution in [2.75, 3.05) is 6.61 Å². The number of nitrogens with zero attached hydrogens (tertiary/aromatic N) is 1. The van der Waals surface area contributed by atoms with Gasteiger partial charge in [0, 0.05) is 10.0 Å². The molecule has 0 aliphatic carbocycles. The number of halogens is 3. The molecule has 0 aliphatic heterocycles. The summed E-state index contributed by atoms with van der Waals surface area (Å²) >= 11 is 11.4. The molecular formula is C13H6Br3NO2S. The smallest absolute Gasteiger partial charge is 0.202 e. The van der Waals surface area contributed by atoms with Crippen molar-refractivity contribution in [3.63, 3.8) is 0 Å². The van der Waals surface area contributed by atoms with Gasteiger partial charge in [0.2, 0.25) is 5.78 Å². The molecule has 3 nitrogen and oxygen atoms in total. The molecule has 0 atom stereocenters.